The maximum atomic E-state index is 2.47. The average molecular weight is 537 g/mol. The maximum absolute atomic E-state index is 2.47. The lowest BCUT2D eigenvalue weighted by atomic mass is 9.77. The molecule has 0 nitrogen and oxygen atoms in total. The number of fused-ring (bicyclic) bond motifs is 5. The van der Waals surface area contributed by atoms with Gasteiger partial charge in [0, 0.05) is 0 Å². The summed E-state index contributed by atoms with van der Waals surface area (Å²) in [6.45, 7) is 7.05. The van der Waals surface area contributed by atoms with E-state index in [0.717, 1.165) is 0 Å². The van der Waals surface area contributed by atoms with E-state index in [9.17, 15) is 0 Å². The van der Waals surface area contributed by atoms with Crippen LogP contribution in [0.4, 0.5) is 0 Å². The van der Waals surface area contributed by atoms with Gasteiger partial charge in [-0.1, -0.05) is 142 Å². The van der Waals surface area contributed by atoms with E-state index in [2.05, 4.69) is 160 Å². The van der Waals surface area contributed by atoms with Crippen LogP contribution in [0.3, 0.4) is 0 Å². The fourth-order valence-electron chi connectivity index (χ4n) is 7.12. The molecule has 0 heteroatoms. The highest BCUT2D eigenvalue weighted by Crippen LogP contribution is 2.46. The predicted molar refractivity (Wildman–Crippen MR) is 184 cm³/mol. The molecule has 8 aromatic rings. The minimum absolute atomic E-state index is 0.0424. The summed E-state index contributed by atoms with van der Waals surface area (Å²) < 4.78 is 0. The summed E-state index contributed by atoms with van der Waals surface area (Å²) in [5, 5.41) is 13.0. The van der Waals surface area contributed by atoms with Gasteiger partial charge in [0.15, 0.2) is 0 Å². The van der Waals surface area contributed by atoms with Crippen molar-refractivity contribution < 1.29 is 0 Å². The molecule has 0 saturated carbocycles. The van der Waals surface area contributed by atoms with Gasteiger partial charge in [-0.25, -0.2) is 0 Å². The zero-order chi connectivity index (χ0) is 28.4. The van der Waals surface area contributed by atoms with E-state index in [0.29, 0.717) is 0 Å². The second-order valence-corrected chi connectivity index (χ2v) is 12.6. The van der Waals surface area contributed by atoms with Crippen molar-refractivity contribution in [2.75, 3.05) is 0 Å². The maximum Gasteiger partial charge on any atom is -0.00264 e. The molecule has 0 amide bonds. The lowest BCUT2D eigenvalue weighted by Crippen LogP contribution is -2.13. The van der Waals surface area contributed by atoms with Gasteiger partial charge in [-0.3, -0.25) is 0 Å². The molecule has 0 N–H and O–H groups in total. The third-order valence-electron chi connectivity index (χ3n) is 8.87. The van der Waals surface area contributed by atoms with E-state index in [1.807, 2.05) is 0 Å². The predicted octanol–water partition coefficient (Wildman–Crippen LogP) is 12.1. The Hall–Kier alpha value is -4.94. The molecule has 0 heterocycles. The van der Waals surface area contributed by atoms with Gasteiger partial charge >= 0.3 is 0 Å². The first-order chi connectivity index (χ1) is 20.5. The van der Waals surface area contributed by atoms with Crippen LogP contribution in [-0.2, 0) is 5.41 Å². The highest BCUT2D eigenvalue weighted by Gasteiger charge is 2.24. The van der Waals surface area contributed by atoms with Gasteiger partial charge in [-0.05, 0) is 105 Å². The van der Waals surface area contributed by atoms with Crippen LogP contribution >= 0.6 is 0 Å². The molecule has 0 saturated heterocycles. The van der Waals surface area contributed by atoms with E-state index in [1.54, 1.807) is 0 Å². The Morgan fingerprint density at radius 2 is 0.810 bits per heavy atom. The number of rotatable bonds is 2. The van der Waals surface area contributed by atoms with E-state index in [4.69, 9.17) is 0 Å². The van der Waals surface area contributed by atoms with E-state index >= 15 is 0 Å². The Labute approximate surface area is 246 Å². The smallest absolute Gasteiger partial charge is 0.00264 e. The van der Waals surface area contributed by atoms with E-state index in [-0.39, 0.29) is 5.41 Å². The fourth-order valence-corrected chi connectivity index (χ4v) is 7.12. The van der Waals surface area contributed by atoms with Crippen molar-refractivity contribution in [3.8, 4) is 22.3 Å². The van der Waals surface area contributed by atoms with Crippen molar-refractivity contribution in [2.24, 2.45) is 0 Å². The molecule has 0 spiro atoms. The summed E-state index contributed by atoms with van der Waals surface area (Å²) in [4.78, 5) is 0. The molecule has 8 rings (SSSR count). The van der Waals surface area contributed by atoms with Gasteiger partial charge in [-0.15, -0.1) is 0 Å². The van der Waals surface area contributed by atoms with Crippen molar-refractivity contribution in [2.45, 2.75) is 26.2 Å². The van der Waals surface area contributed by atoms with Crippen LogP contribution in [0.5, 0.6) is 0 Å². The van der Waals surface area contributed by atoms with Crippen molar-refractivity contribution in [1.29, 1.82) is 0 Å². The lowest BCUT2D eigenvalue weighted by Gasteiger charge is -2.27. The molecule has 0 atom stereocenters. The Morgan fingerprint density at radius 1 is 0.333 bits per heavy atom. The fraction of sp³-hybridized carbons (Fsp3) is 0.0952. The molecule has 0 aliphatic carbocycles. The number of hydrogen-bond donors (Lipinski definition) is 0. The topological polar surface area (TPSA) is 0 Å². The van der Waals surface area contributed by atoms with Crippen molar-refractivity contribution in [1.82, 2.24) is 0 Å². The largest absolute Gasteiger partial charge is 0.0616 e. The van der Waals surface area contributed by atoms with Crippen molar-refractivity contribution in [3.05, 3.63) is 145 Å². The van der Waals surface area contributed by atoms with Crippen LogP contribution < -0.4 is 0 Å². The minimum atomic E-state index is -0.0424. The summed E-state index contributed by atoms with van der Waals surface area (Å²) in [7, 11) is 0. The summed E-state index contributed by atoms with van der Waals surface area (Å²) in [6, 6.07) is 51.7. The van der Waals surface area contributed by atoms with Gasteiger partial charge in [0.2, 0.25) is 0 Å². The molecule has 0 aliphatic heterocycles. The molecule has 0 radical (unpaired) electrons. The van der Waals surface area contributed by atoms with Crippen LogP contribution in [0, 0.1) is 0 Å². The molecule has 0 aliphatic rings. The third kappa shape index (κ3) is 3.83. The highest BCUT2D eigenvalue weighted by atomic mass is 14.3. The summed E-state index contributed by atoms with van der Waals surface area (Å²) in [5.41, 5.74) is 6.52. The van der Waals surface area contributed by atoms with Gasteiger partial charge in [0.1, 0.15) is 0 Å². The van der Waals surface area contributed by atoms with Gasteiger partial charge in [0.25, 0.3) is 0 Å². The zero-order valence-corrected chi connectivity index (χ0v) is 24.3. The Balaban J connectivity index is 1.53. The van der Waals surface area contributed by atoms with Crippen molar-refractivity contribution >= 4 is 53.9 Å². The van der Waals surface area contributed by atoms with E-state index in [1.165, 1.54) is 81.7 Å². The summed E-state index contributed by atoms with van der Waals surface area (Å²) in [5.74, 6) is 0. The van der Waals surface area contributed by atoms with Crippen LogP contribution in [0.1, 0.15) is 26.3 Å². The minimum Gasteiger partial charge on any atom is -0.0616 e. The first kappa shape index (κ1) is 24.8. The quantitative estimate of drug-likeness (QED) is 0.193. The van der Waals surface area contributed by atoms with Crippen molar-refractivity contribution in [3.63, 3.8) is 0 Å². The standard InChI is InChI=1S/C42H32/c1-42(2,3)41-37-19-11-10-18-35(37)40(31-21-20-27-12-4-5-13-28(27)24-31)36-23-22-32(26-38(36)41)39-33-16-8-6-14-29(33)25-30-15-7-9-17-34(30)39/h4-26H,1-3H3. The molecular weight excluding hydrogens is 504 g/mol. The molecule has 0 unspecified atom stereocenters. The summed E-state index contributed by atoms with van der Waals surface area (Å²) >= 11 is 0. The SMILES string of the molecule is CC(C)(C)c1c2ccccc2c(-c2ccc3ccccc3c2)c2ccc(-c3c4ccccc4cc4ccccc34)cc12. The second-order valence-electron chi connectivity index (χ2n) is 12.6. The Morgan fingerprint density at radius 3 is 1.48 bits per heavy atom. The third-order valence-corrected chi connectivity index (χ3v) is 8.87. The van der Waals surface area contributed by atoms with E-state index < -0.39 is 0 Å². The molecule has 8 aromatic carbocycles. The Kier molecular flexibility index (Phi) is 5.49. The second kappa shape index (κ2) is 9.29. The molecule has 42 heavy (non-hydrogen) atoms. The average Bonchev–Trinajstić information content (AvgIpc) is 3.01. The molecule has 0 aromatic heterocycles. The zero-order valence-electron chi connectivity index (χ0n) is 24.3. The molecule has 0 bridgehead atoms. The molecule has 0 fully saturated rings. The van der Waals surface area contributed by atoms with Crippen LogP contribution in [-0.4, -0.2) is 0 Å². The Bertz CT molecular complexity index is 2280. The first-order valence-corrected chi connectivity index (χ1v) is 14.9. The monoisotopic (exact) mass is 536 g/mol. The highest BCUT2D eigenvalue weighted by molar-refractivity contribution is 6.19. The van der Waals surface area contributed by atoms with Crippen LogP contribution in [0.25, 0.3) is 76.1 Å². The normalized spacial score (nSPS) is 12.2. The molecule has 200 valence electrons. The van der Waals surface area contributed by atoms with Crippen LogP contribution in [0.2, 0.25) is 0 Å². The van der Waals surface area contributed by atoms with Crippen LogP contribution in [0.15, 0.2) is 140 Å². The van der Waals surface area contributed by atoms with Gasteiger partial charge in [-0.2, -0.15) is 0 Å². The first-order valence-electron chi connectivity index (χ1n) is 14.9. The van der Waals surface area contributed by atoms with Gasteiger partial charge < -0.3 is 0 Å². The number of benzene rings is 8. The van der Waals surface area contributed by atoms with Gasteiger partial charge in [0.05, 0.1) is 0 Å². The number of hydrogen-bond acceptors (Lipinski definition) is 0. The lowest BCUT2D eigenvalue weighted by molar-refractivity contribution is 0.601. The summed E-state index contributed by atoms with van der Waals surface area (Å²) in [6.07, 6.45) is 0. The molecular formula is C42H32.